The van der Waals surface area contributed by atoms with Crippen LogP contribution in [0.15, 0.2) is 11.8 Å². The minimum atomic E-state index is -0.176. The van der Waals surface area contributed by atoms with Crippen molar-refractivity contribution in [3.63, 3.8) is 0 Å². The molecule has 2 unspecified atom stereocenters. The summed E-state index contributed by atoms with van der Waals surface area (Å²) in [5, 5.41) is 12.4. The number of ether oxygens (including phenoxy) is 1. The van der Waals surface area contributed by atoms with Crippen LogP contribution >= 0.6 is 0 Å². The van der Waals surface area contributed by atoms with E-state index in [1.165, 1.54) is 0 Å². The monoisotopic (exact) mass is 239 g/mol. The number of hydrogen-bond acceptors (Lipinski definition) is 3. The van der Waals surface area contributed by atoms with Crippen LogP contribution in [0.1, 0.15) is 39.0 Å². The van der Waals surface area contributed by atoms with E-state index >= 15 is 0 Å². The maximum atomic E-state index is 12.0. The molecule has 1 aliphatic carbocycles. The van der Waals surface area contributed by atoms with Gasteiger partial charge < -0.3 is 15.2 Å². The fourth-order valence-corrected chi connectivity index (χ4v) is 2.61. The van der Waals surface area contributed by atoms with Gasteiger partial charge >= 0.3 is 0 Å². The Bertz CT molecular complexity index is 327. The molecule has 1 fully saturated rings. The summed E-state index contributed by atoms with van der Waals surface area (Å²) in [6.07, 6.45) is 6.70. The molecule has 0 aromatic carbocycles. The van der Waals surface area contributed by atoms with E-state index in [1.54, 1.807) is 0 Å². The average Bonchev–Trinajstić information content (AvgIpc) is 2.73. The Balaban J connectivity index is 1.96. The van der Waals surface area contributed by atoms with Gasteiger partial charge in [0.15, 0.2) is 5.76 Å². The first kappa shape index (κ1) is 12.4. The Morgan fingerprint density at radius 2 is 2.47 bits per heavy atom. The fourth-order valence-electron chi connectivity index (χ4n) is 2.61. The molecule has 0 saturated heterocycles. The van der Waals surface area contributed by atoms with Crippen molar-refractivity contribution in [2.24, 2.45) is 5.41 Å². The number of aliphatic hydroxyl groups excluding tert-OH is 1. The second-order valence-corrected chi connectivity index (χ2v) is 5.29. The number of nitrogens with one attached hydrogen (secondary N) is 1. The summed E-state index contributed by atoms with van der Waals surface area (Å²) in [6.45, 7) is 2.78. The summed E-state index contributed by atoms with van der Waals surface area (Å²) in [4.78, 5) is 12.0. The molecule has 2 rings (SSSR count). The van der Waals surface area contributed by atoms with Gasteiger partial charge in [-0.15, -0.1) is 0 Å². The van der Waals surface area contributed by atoms with E-state index in [0.717, 1.165) is 32.1 Å². The molecule has 1 amide bonds. The van der Waals surface area contributed by atoms with Crippen molar-refractivity contribution in [2.45, 2.75) is 45.1 Å². The van der Waals surface area contributed by atoms with E-state index in [4.69, 9.17) is 4.74 Å². The van der Waals surface area contributed by atoms with Gasteiger partial charge in [-0.05, 0) is 31.8 Å². The van der Waals surface area contributed by atoms with Crippen molar-refractivity contribution in [2.75, 3.05) is 13.2 Å². The minimum absolute atomic E-state index is 0.0615. The third-order valence-corrected chi connectivity index (χ3v) is 3.91. The molecule has 0 bridgehead atoms. The van der Waals surface area contributed by atoms with Crippen molar-refractivity contribution in [1.82, 2.24) is 5.32 Å². The summed E-state index contributed by atoms with van der Waals surface area (Å²) < 4.78 is 5.34. The number of allylic oxidation sites excluding steroid dienone is 1. The predicted molar refractivity (Wildman–Crippen MR) is 64.2 cm³/mol. The highest BCUT2D eigenvalue weighted by Crippen LogP contribution is 2.37. The lowest BCUT2D eigenvalue weighted by atomic mass is 9.86. The Labute approximate surface area is 102 Å². The number of rotatable bonds is 3. The largest absolute Gasteiger partial charge is 0.488 e. The molecule has 17 heavy (non-hydrogen) atoms. The molecule has 0 spiro atoms. The van der Waals surface area contributed by atoms with Gasteiger partial charge in [0, 0.05) is 11.5 Å². The van der Waals surface area contributed by atoms with Gasteiger partial charge in [0.05, 0.1) is 13.2 Å². The first-order valence-corrected chi connectivity index (χ1v) is 6.40. The van der Waals surface area contributed by atoms with Crippen LogP contribution in [0.25, 0.3) is 0 Å². The van der Waals surface area contributed by atoms with Crippen LogP contribution in [-0.4, -0.2) is 30.3 Å². The fraction of sp³-hybridized carbons (Fsp3) is 0.769. The molecule has 2 aliphatic rings. The van der Waals surface area contributed by atoms with E-state index in [1.807, 2.05) is 13.0 Å². The lowest BCUT2D eigenvalue weighted by Crippen LogP contribution is -2.45. The quantitative estimate of drug-likeness (QED) is 0.781. The number of carbonyl (C=O) groups excluding carboxylic acids is 1. The molecule has 2 atom stereocenters. The molecule has 0 aromatic heterocycles. The summed E-state index contributed by atoms with van der Waals surface area (Å²) >= 11 is 0. The first-order chi connectivity index (χ1) is 8.15. The molecule has 1 saturated carbocycles. The molecule has 1 aliphatic heterocycles. The lowest BCUT2D eigenvalue weighted by Gasteiger charge is -2.30. The van der Waals surface area contributed by atoms with Crippen molar-refractivity contribution in [3.8, 4) is 0 Å². The molecule has 96 valence electrons. The van der Waals surface area contributed by atoms with Gasteiger partial charge in [-0.25, -0.2) is 0 Å². The van der Waals surface area contributed by atoms with Gasteiger partial charge in [0.1, 0.15) is 0 Å². The van der Waals surface area contributed by atoms with Crippen LogP contribution in [0.5, 0.6) is 0 Å². The van der Waals surface area contributed by atoms with Crippen molar-refractivity contribution >= 4 is 5.91 Å². The highest BCUT2D eigenvalue weighted by atomic mass is 16.5. The molecule has 4 nitrogen and oxygen atoms in total. The molecule has 4 heteroatoms. The van der Waals surface area contributed by atoms with Crippen LogP contribution in [0.2, 0.25) is 0 Å². The van der Waals surface area contributed by atoms with Crippen LogP contribution in [0.3, 0.4) is 0 Å². The minimum Gasteiger partial charge on any atom is -0.488 e. The highest BCUT2D eigenvalue weighted by Gasteiger charge is 2.39. The van der Waals surface area contributed by atoms with Crippen molar-refractivity contribution in [3.05, 3.63) is 11.8 Å². The zero-order valence-electron chi connectivity index (χ0n) is 10.4. The first-order valence-electron chi connectivity index (χ1n) is 6.40. The molecular formula is C13H21NO3. The van der Waals surface area contributed by atoms with Gasteiger partial charge in [0.2, 0.25) is 0 Å². The maximum absolute atomic E-state index is 12.0. The zero-order valence-corrected chi connectivity index (χ0v) is 10.4. The van der Waals surface area contributed by atoms with Crippen molar-refractivity contribution < 1.29 is 14.6 Å². The molecule has 0 radical (unpaired) electrons. The van der Waals surface area contributed by atoms with Gasteiger partial charge in [-0.2, -0.15) is 0 Å². The smallest absolute Gasteiger partial charge is 0.286 e. The van der Waals surface area contributed by atoms with Crippen molar-refractivity contribution in [1.29, 1.82) is 0 Å². The summed E-state index contributed by atoms with van der Waals surface area (Å²) in [7, 11) is 0. The number of aliphatic hydroxyl groups is 1. The summed E-state index contributed by atoms with van der Waals surface area (Å²) in [5.74, 6) is 0.319. The zero-order chi connectivity index (χ0) is 12.3. The molecule has 0 aromatic rings. The van der Waals surface area contributed by atoms with E-state index in [0.29, 0.717) is 12.4 Å². The van der Waals surface area contributed by atoms with E-state index in [-0.39, 0.29) is 24.0 Å². The van der Waals surface area contributed by atoms with E-state index in [9.17, 15) is 9.90 Å². The number of carbonyl (C=O) groups is 1. The standard InChI is InChI=1S/C13H21NO3/c1-13(9-15)7-4-6-11(13)14-12(16)10-5-2-3-8-17-10/h5,11,15H,2-4,6-9H2,1H3,(H,14,16). The Morgan fingerprint density at radius 1 is 1.65 bits per heavy atom. The Morgan fingerprint density at radius 3 is 3.12 bits per heavy atom. The third kappa shape index (κ3) is 2.63. The highest BCUT2D eigenvalue weighted by molar-refractivity contribution is 5.91. The number of amides is 1. The van der Waals surface area contributed by atoms with Crippen LogP contribution in [0.4, 0.5) is 0 Å². The van der Waals surface area contributed by atoms with Crippen LogP contribution in [0, 0.1) is 5.41 Å². The second kappa shape index (κ2) is 5.08. The second-order valence-electron chi connectivity index (χ2n) is 5.29. The van der Waals surface area contributed by atoms with Crippen LogP contribution in [-0.2, 0) is 9.53 Å². The molecule has 1 heterocycles. The van der Waals surface area contributed by atoms with Gasteiger partial charge in [-0.3, -0.25) is 4.79 Å². The van der Waals surface area contributed by atoms with E-state index < -0.39 is 0 Å². The topological polar surface area (TPSA) is 58.6 Å². The summed E-state index contributed by atoms with van der Waals surface area (Å²) in [6, 6.07) is 0.0615. The molecular weight excluding hydrogens is 218 g/mol. The third-order valence-electron chi connectivity index (χ3n) is 3.91. The maximum Gasteiger partial charge on any atom is 0.286 e. The molecule has 2 N–H and O–H groups in total. The van der Waals surface area contributed by atoms with Crippen LogP contribution < -0.4 is 5.32 Å². The predicted octanol–water partition coefficient (Wildman–Crippen LogP) is 1.35. The summed E-state index contributed by atoms with van der Waals surface area (Å²) in [5.41, 5.74) is -0.176. The average molecular weight is 239 g/mol. The SMILES string of the molecule is CC1(CO)CCCC1NC(=O)C1=CCCCO1. The van der Waals surface area contributed by atoms with Gasteiger partial charge in [0.25, 0.3) is 5.91 Å². The number of hydrogen-bond donors (Lipinski definition) is 2. The Kier molecular flexibility index (Phi) is 3.72. The van der Waals surface area contributed by atoms with Gasteiger partial charge in [-0.1, -0.05) is 13.3 Å². The Hall–Kier alpha value is -1.03. The normalized spacial score (nSPS) is 32.8. The van der Waals surface area contributed by atoms with E-state index in [2.05, 4.69) is 5.32 Å². The lowest BCUT2D eigenvalue weighted by molar-refractivity contribution is -0.122.